The van der Waals surface area contributed by atoms with Crippen molar-refractivity contribution in [1.82, 2.24) is 4.90 Å². The van der Waals surface area contributed by atoms with E-state index in [1.54, 1.807) is 0 Å². The van der Waals surface area contributed by atoms with E-state index in [9.17, 15) is 10.2 Å². The molecule has 2 aliphatic heterocycles. The summed E-state index contributed by atoms with van der Waals surface area (Å²) < 4.78 is 5.18. The molecule has 2 unspecified atom stereocenters. The van der Waals surface area contributed by atoms with E-state index in [0.717, 1.165) is 26.1 Å². The van der Waals surface area contributed by atoms with Crippen LogP contribution in [-0.4, -0.2) is 60.7 Å². The summed E-state index contributed by atoms with van der Waals surface area (Å²) in [6, 6.07) is 0. The number of hydrogen-bond acceptors (Lipinski definition) is 4. The van der Waals surface area contributed by atoms with Crippen LogP contribution in [0.25, 0.3) is 0 Å². The van der Waals surface area contributed by atoms with Crippen molar-refractivity contribution >= 4 is 0 Å². The van der Waals surface area contributed by atoms with Gasteiger partial charge in [-0.05, 0) is 25.8 Å². The van der Waals surface area contributed by atoms with Crippen LogP contribution in [0, 0.1) is 11.3 Å². The molecule has 2 atom stereocenters. The predicted octanol–water partition coefficient (Wildman–Crippen LogP) is -0.302. The van der Waals surface area contributed by atoms with Crippen LogP contribution < -0.4 is 0 Å². The van der Waals surface area contributed by atoms with E-state index in [4.69, 9.17) is 4.74 Å². The molecule has 0 amide bonds. The molecule has 2 heterocycles. The number of nitrogens with zero attached hydrogens (tertiary/aromatic N) is 1. The van der Waals surface area contributed by atoms with Crippen LogP contribution in [0.15, 0.2) is 0 Å². The van der Waals surface area contributed by atoms with E-state index in [1.807, 2.05) is 6.92 Å². The molecule has 0 aromatic carbocycles. The van der Waals surface area contributed by atoms with Crippen molar-refractivity contribution in [1.29, 1.82) is 0 Å². The second-order valence-electron chi connectivity index (χ2n) is 5.18. The fourth-order valence-corrected chi connectivity index (χ4v) is 2.50. The lowest BCUT2D eigenvalue weighted by atomic mass is 9.86. The quantitative estimate of drug-likeness (QED) is 0.676. The average Bonchev–Trinajstić information content (AvgIpc) is 2.59. The topological polar surface area (TPSA) is 52.9 Å². The SMILES string of the molecule is CC(O)C1CCN(CC2(CO)COC2)C1. The molecule has 0 saturated carbocycles. The minimum atomic E-state index is -0.210. The van der Waals surface area contributed by atoms with Crippen LogP contribution >= 0.6 is 0 Å². The lowest BCUT2D eigenvalue weighted by Gasteiger charge is -2.42. The van der Waals surface area contributed by atoms with Gasteiger partial charge in [0.2, 0.25) is 0 Å². The van der Waals surface area contributed by atoms with E-state index in [0.29, 0.717) is 19.1 Å². The Labute approximate surface area is 90.8 Å². The monoisotopic (exact) mass is 215 g/mol. The number of aliphatic hydroxyl groups excluding tert-OH is 2. The Balaban J connectivity index is 1.81. The van der Waals surface area contributed by atoms with Crippen molar-refractivity contribution in [2.24, 2.45) is 11.3 Å². The molecule has 15 heavy (non-hydrogen) atoms. The van der Waals surface area contributed by atoms with Crippen molar-refractivity contribution in [2.75, 3.05) is 39.5 Å². The van der Waals surface area contributed by atoms with E-state index in [1.165, 1.54) is 0 Å². The largest absolute Gasteiger partial charge is 0.396 e. The van der Waals surface area contributed by atoms with Gasteiger partial charge in [0.05, 0.1) is 31.3 Å². The van der Waals surface area contributed by atoms with Crippen molar-refractivity contribution in [3.05, 3.63) is 0 Å². The minimum Gasteiger partial charge on any atom is -0.396 e. The number of rotatable bonds is 4. The summed E-state index contributed by atoms with van der Waals surface area (Å²) in [5.74, 6) is 0.404. The normalized spacial score (nSPS) is 32.6. The number of likely N-dealkylation sites (tertiary alicyclic amines) is 1. The van der Waals surface area contributed by atoms with Crippen molar-refractivity contribution in [3.8, 4) is 0 Å². The van der Waals surface area contributed by atoms with Gasteiger partial charge in [0.15, 0.2) is 0 Å². The fourth-order valence-electron chi connectivity index (χ4n) is 2.50. The molecule has 0 radical (unpaired) electrons. The third-order valence-electron chi connectivity index (χ3n) is 3.70. The molecule has 2 fully saturated rings. The van der Waals surface area contributed by atoms with Gasteiger partial charge in [-0.25, -0.2) is 0 Å². The van der Waals surface area contributed by atoms with Crippen LogP contribution in [0.1, 0.15) is 13.3 Å². The Morgan fingerprint density at radius 2 is 2.27 bits per heavy atom. The lowest BCUT2D eigenvalue weighted by Crippen LogP contribution is -2.53. The maximum atomic E-state index is 9.50. The van der Waals surface area contributed by atoms with Gasteiger partial charge in [-0.15, -0.1) is 0 Å². The van der Waals surface area contributed by atoms with Gasteiger partial charge in [0.1, 0.15) is 0 Å². The molecule has 2 rings (SSSR count). The summed E-state index contributed by atoms with van der Waals surface area (Å²) >= 11 is 0. The third kappa shape index (κ3) is 2.33. The highest BCUT2D eigenvalue weighted by atomic mass is 16.5. The molecule has 0 bridgehead atoms. The van der Waals surface area contributed by atoms with Crippen molar-refractivity contribution < 1.29 is 14.9 Å². The molecule has 2 N–H and O–H groups in total. The van der Waals surface area contributed by atoms with Crippen LogP contribution in [0.5, 0.6) is 0 Å². The maximum Gasteiger partial charge on any atom is 0.0579 e. The standard InChI is InChI=1S/C11H21NO3/c1-9(14)10-2-3-12(4-10)5-11(6-13)7-15-8-11/h9-10,13-14H,2-8H2,1H3. The lowest BCUT2D eigenvalue weighted by molar-refractivity contribution is -0.147. The van der Waals surface area contributed by atoms with Crippen LogP contribution in [-0.2, 0) is 4.74 Å². The Hall–Kier alpha value is -0.160. The zero-order valence-corrected chi connectivity index (χ0v) is 9.35. The van der Waals surface area contributed by atoms with Gasteiger partial charge in [-0.1, -0.05) is 0 Å². The number of hydrogen-bond donors (Lipinski definition) is 2. The highest BCUT2D eigenvalue weighted by Gasteiger charge is 2.41. The summed E-state index contributed by atoms with van der Waals surface area (Å²) in [5, 5.41) is 18.8. The highest BCUT2D eigenvalue weighted by molar-refractivity contribution is 4.90. The summed E-state index contributed by atoms with van der Waals surface area (Å²) in [7, 11) is 0. The molecule has 0 spiro atoms. The Kier molecular flexibility index (Phi) is 3.30. The van der Waals surface area contributed by atoms with Crippen molar-refractivity contribution in [3.63, 3.8) is 0 Å². The first-order valence-corrected chi connectivity index (χ1v) is 5.74. The maximum absolute atomic E-state index is 9.50. The first kappa shape index (κ1) is 11.3. The molecule has 0 aromatic rings. The third-order valence-corrected chi connectivity index (χ3v) is 3.70. The van der Waals surface area contributed by atoms with Gasteiger partial charge in [-0.3, -0.25) is 0 Å². The molecule has 4 nitrogen and oxygen atoms in total. The molecule has 4 heteroatoms. The molecular formula is C11H21NO3. The Morgan fingerprint density at radius 3 is 2.67 bits per heavy atom. The molecule has 0 aromatic heterocycles. The Morgan fingerprint density at radius 1 is 1.53 bits per heavy atom. The van der Waals surface area contributed by atoms with E-state index >= 15 is 0 Å². The average molecular weight is 215 g/mol. The zero-order valence-electron chi connectivity index (χ0n) is 9.35. The fraction of sp³-hybridized carbons (Fsp3) is 1.00. The second kappa shape index (κ2) is 4.37. The second-order valence-corrected chi connectivity index (χ2v) is 5.18. The number of ether oxygens (including phenoxy) is 1. The zero-order chi connectivity index (χ0) is 10.9. The summed E-state index contributed by atoms with van der Waals surface area (Å²) in [6.45, 7) is 6.34. The summed E-state index contributed by atoms with van der Waals surface area (Å²) in [5.41, 5.74) is -0.0203. The van der Waals surface area contributed by atoms with E-state index < -0.39 is 0 Å². The van der Waals surface area contributed by atoms with Crippen LogP contribution in [0.3, 0.4) is 0 Å². The predicted molar refractivity (Wildman–Crippen MR) is 56.6 cm³/mol. The van der Waals surface area contributed by atoms with Gasteiger partial charge in [-0.2, -0.15) is 0 Å². The highest BCUT2D eigenvalue weighted by Crippen LogP contribution is 2.30. The van der Waals surface area contributed by atoms with Gasteiger partial charge in [0.25, 0.3) is 0 Å². The molecule has 0 aliphatic carbocycles. The molecule has 2 aliphatic rings. The minimum absolute atomic E-state index is 0.0203. The Bertz CT molecular complexity index is 210. The summed E-state index contributed by atoms with van der Waals surface area (Å²) in [6.07, 6.45) is 0.859. The molecule has 88 valence electrons. The van der Waals surface area contributed by atoms with Gasteiger partial charge >= 0.3 is 0 Å². The molecule has 2 saturated heterocycles. The summed E-state index contributed by atoms with van der Waals surface area (Å²) in [4.78, 5) is 2.34. The van der Waals surface area contributed by atoms with Gasteiger partial charge < -0.3 is 19.8 Å². The first-order chi connectivity index (χ1) is 7.15. The van der Waals surface area contributed by atoms with E-state index in [-0.39, 0.29) is 18.1 Å². The van der Waals surface area contributed by atoms with Crippen LogP contribution in [0.4, 0.5) is 0 Å². The molecular weight excluding hydrogens is 194 g/mol. The number of aliphatic hydroxyl groups is 2. The van der Waals surface area contributed by atoms with Gasteiger partial charge in [0, 0.05) is 13.1 Å². The van der Waals surface area contributed by atoms with Crippen LogP contribution in [0.2, 0.25) is 0 Å². The van der Waals surface area contributed by atoms with Crippen molar-refractivity contribution in [2.45, 2.75) is 19.4 Å². The van der Waals surface area contributed by atoms with E-state index in [2.05, 4.69) is 4.90 Å². The first-order valence-electron chi connectivity index (χ1n) is 5.74. The smallest absolute Gasteiger partial charge is 0.0579 e.